The Morgan fingerprint density at radius 1 is 1.05 bits per heavy atom. The summed E-state index contributed by atoms with van der Waals surface area (Å²) in [5.74, 6) is 1.01. The Hall–Kier alpha value is -1.52. The van der Waals surface area contributed by atoms with E-state index in [4.69, 9.17) is 0 Å². The maximum atomic E-state index is 10.3. The Morgan fingerprint density at radius 2 is 1.82 bits per heavy atom. The third kappa shape index (κ3) is 2.31. The van der Waals surface area contributed by atoms with Crippen LogP contribution in [-0.4, -0.2) is 16.8 Å². The van der Waals surface area contributed by atoms with Crippen molar-refractivity contribution in [3.8, 4) is 0 Å². The number of benzene rings is 1. The zero-order chi connectivity index (χ0) is 14.4. The van der Waals surface area contributed by atoms with Crippen molar-refractivity contribution in [1.29, 1.82) is 0 Å². The van der Waals surface area contributed by atoms with E-state index in [0.717, 1.165) is 30.5 Å². The van der Waals surface area contributed by atoms with Gasteiger partial charge in [0.25, 0.3) is 0 Å². The van der Waals surface area contributed by atoms with Crippen LogP contribution in [0.4, 0.5) is 0 Å². The van der Waals surface area contributed by atoms with E-state index in [0.29, 0.717) is 23.7 Å². The van der Waals surface area contributed by atoms with Crippen LogP contribution in [0.15, 0.2) is 64.6 Å². The van der Waals surface area contributed by atoms with Gasteiger partial charge < -0.3 is 15.5 Å². The zero-order valence-corrected chi connectivity index (χ0v) is 14.0. The summed E-state index contributed by atoms with van der Waals surface area (Å²) in [6.07, 6.45) is 4.54. The van der Waals surface area contributed by atoms with Crippen molar-refractivity contribution in [3.63, 3.8) is 0 Å². The van der Waals surface area contributed by atoms with Crippen molar-refractivity contribution >= 4 is 17.0 Å². The molecule has 22 heavy (non-hydrogen) atoms. The highest BCUT2D eigenvalue weighted by molar-refractivity contribution is 8.93. The number of aliphatic hydroxyl groups is 2. The molecule has 3 aliphatic rings. The highest BCUT2D eigenvalue weighted by atomic mass is 79.9. The van der Waals surface area contributed by atoms with Crippen LogP contribution in [0.3, 0.4) is 0 Å². The van der Waals surface area contributed by atoms with Crippen molar-refractivity contribution in [2.75, 3.05) is 6.54 Å². The molecule has 0 aromatic heterocycles. The lowest BCUT2D eigenvalue weighted by atomic mass is 9.80. The molecule has 3 N–H and O–H groups in total. The Labute approximate surface area is 140 Å². The largest absolute Gasteiger partial charge is 0.512 e. The molecule has 4 rings (SSSR count). The summed E-state index contributed by atoms with van der Waals surface area (Å²) >= 11 is 0. The molecule has 1 aliphatic heterocycles. The zero-order valence-electron chi connectivity index (χ0n) is 12.2. The Bertz CT molecular complexity index is 676. The second-order valence-corrected chi connectivity index (χ2v) is 6.04. The molecule has 116 valence electrons. The molecule has 0 saturated carbocycles. The molecule has 0 bridgehead atoms. The van der Waals surface area contributed by atoms with Gasteiger partial charge in [0.1, 0.15) is 11.5 Å². The van der Waals surface area contributed by atoms with Crippen LogP contribution >= 0.6 is 17.0 Å². The van der Waals surface area contributed by atoms with Crippen LogP contribution in [0.25, 0.3) is 0 Å². The lowest BCUT2D eigenvalue weighted by Gasteiger charge is -2.25. The van der Waals surface area contributed by atoms with E-state index in [-0.39, 0.29) is 28.8 Å². The summed E-state index contributed by atoms with van der Waals surface area (Å²) in [6.45, 7) is 0.958. The van der Waals surface area contributed by atoms with Crippen molar-refractivity contribution < 1.29 is 10.2 Å². The van der Waals surface area contributed by atoms with Gasteiger partial charge in [0.05, 0.1) is 11.6 Å². The van der Waals surface area contributed by atoms with Gasteiger partial charge in [-0.3, -0.25) is 0 Å². The first-order valence-corrected chi connectivity index (χ1v) is 7.61. The molecule has 1 heterocycles. The highest BCUT2D eigenvalue weighted by Gasteiger charge is 2.38. The summed E-state index contributed by atoms with van der Waals surface area (Å²) in [5.41, 5.74) is 4.19. The van der Waals surface area contributed by atoms with Gasteiger partial charge in [-0.1, -0.05) is 30.3 Å². The molecule has 0 amide bonds. The molecule has 1 aromatic rings. The van der Waals surface area contributed by atoms with Crippen molar-refractivity contribution in [2.24, 2.45) is 5.92 Å². The first-order chi connectivity index (χ1) is 10.3. The summed E-state index contributed by atoms with van der Waals surface area (Å²) in [5, 5.41) is 24.0. The fourth-order valence-electron chi connectivity index (χ4n) is 3.89. The third-order valence-corrected chi connectivity index (χ3v) is 4.84. The van der Waals surface area contributed by atoms with Crippen molar-refractivity contribution in [1.82, 2.24) is 5.32 Å². The van der Waals surface area contributed by atoms with E-state index in [2.05, 4.69) is 17.4 Å². The number of hydrogen-bond acceptors (Lipinski definition) is 3. The summed E-state index contributed by atoms with van der Waals surface area (Å²) in [4.78, 5) is 0. The monoisotopic (exact) mass is 361 g/mol. The maximum absolute atomic E-state index is 10.3. The van der Waals surface area contributed by atoms with Gasteiger partial charge in [0, 0.05) is 6.42 Å². The van der Waals surface area contributed by atoms with Gasteiger partial charge >= 0.3 is 0 Å². The number of aliphatic hydroxyl groups excluding tert-OH is 2. The number of allylic oxidation sites excluding steroid dienone is 2. The highest BCUT2D eigenvalue weighted by Crippen LogP contribution is 2.48. The molecule has 2 aliphatic carbocycles. The number of rotatable bonds is 1. The van der Waals surface area contributed by atoms with E-state index in [9.17, 15) is 10.2 Å². The van der Waals surface area contributed by atoms with Gasteiger partial charge in [-0.15, -0.1) is 17.0 Å². The number of nitrogens with one attached hydrogen (secondary N) is 1. The average Bonchev–Trinajstić information content (AvgIpc) is 2.74. The molecular formula is C18H20BrNO2. The molecule has 3 nitrogen and oxygen atoms in total. The topological polar surface area (TPSA) is 52.5 Å². The first-order valence-electron chi connectivity index (χ1n) is 7.61. The van der Waals surface area contributed by atoms with Crippen molar-refractivity contribution in [2.45, 2.75) is 25.3 Å². The molecule has 1 aromatic carbocycles. The van der Waals surface area contributed by atoms with E-state index in [1.807, 2.05) is 24.3 Å². The summed E-state index contributed by atoms with van der Waals surface area (Å²) in [7, 11) is 0. The molecule has 0 saturated heterocycles. The van der Waals surface area contributed by atoms with Crippen LogP contribution in [0.2, 0.25) is 0 Å². The van der Waals surface area contributed by atoms with E-state index >= 15 is 0 Å². The normalized spacial score (nSPS) is 27.0. The molecule has 2 atom stereocenters. The fourth-order valence-corrected chi connectivity index (χ4v) is 3.89. The lowest BCUT2D eigenvalue weighted by Crippen LogP contribution is -2.22. The number of hydrogen-bond donors (Lipinski definition) is 3. The molecule has 0 radical (unpaired) electrons. The van der Waals surface area contributed by atoms with Gasteiger partial charge in [-0.2, -0.15) is 0 Å². The Balaban J connectivity index is 0.00000144. The molecule has 0 fully saturated rings. The minimum Gasteiger partial charge on any atom is -0.512 e. The van der Waals surface area contributed by atoms with Crippen LogP contribution in [0, 0.1) is 5.92 Å². The first kappa shape index (κ1) is 15.4. The number of halogens is 1. The lowest BCUT2D eigenvalue weighted by molar-refractivity contribution is 0.333. The second kappa shape index (κ2) is 5.94. The maximum Gasteiger partial charge on any atom is 0.126 e. The van der Waals surface area contributed by atoms with Crippen LogP contribution in [-0.2, 0) is 0 Å². The molecular weight excluding hydrogens is 342 g/mol. The van der Waals surface area contributed by atoms with Crippen LogP contribution in [0.1, 0.15) is 30.9 Å². The van der Waals surface area contributed by atoms with Gasteiger partial charge in [-0.25, -0.2) is 0 Å². The molecule has 4 heteroatoms. The minimum atomic E-state index is 0. The SMILES string of the molecule is Br.OC1=CC2=C3C1=C(O)CCC3CCNC2c1ccccc1. The predicted molar refractivity (Wildman–Crippen MR) is 92.2 cm³/mol. The Morgan fingerprint density at radius 3 is 2.59 bits per heavy atom. The van der Waals surface area contributed by atoms with E-state index in [1.54, 1.807) is 0 Å². The van der Waals surface area contributed by atoms with Gasteiger partial charge in [-0.05, 0) is 48.1 Å². The molecule has 2 unspecified atom stereocenters. The summed E-state index contributed by atoms with van der Waals surface area (Å²) < 4.78 is 0. The molecule has 0 spiro atoms. The van der Waals surface area contributed by atoms with Crippen LogP contribution < -0.4 is 5.32 Å². The van der Waals surface area contributed by atoms with E-state index < -0.39 is 0 Å². The summed E-state index contributed by atoms with van der Waals surface area (Å²) in [6, 6.07) is 10.4. The third-order valence-electron chi connectivity index (χ3n) is 4.84. The van der Waals surface area contributed by atoms with Crippen molar-refractivity contribution in [3.05, 3.63) is 70.2 Å². The second-order valence-electron chi connectivity index (χ2n) is 6.04. The smallest absolute Gasteiger partial charge is 0.126 e. The Kier molecular flexibility index (Phi) is 4.15. The standard InChI is InChI=1S/C18H19NO2.BrH/c20-14-7-6-11-8-9-19-18(12-4-2-1-3-5-12)13-10-15(21)17(14)16(11)13;/h1-5,10-11,18-21H,6-9H2;1H. The van der Waals surface area contributed by atoms with Gasteiger partial charge in [0.15, 0.2) is 0 Å². The average molecular weight is 362 g/mol. The fraction of sp³-hybridized carbons (Fsp3) is 0.333. The minimum absolute atomic E-state index is 0. The van der Waals surface area contributed by atoms with E-state index in [1.165, 1.54) is 5.56 Å². The quantitative estimate of drug-likeness (QED) is 0.699. The predicted octanol–water partition coefficient (Wildman–Crippen LogP) is 4.27. The van der Waals surface area contributed by atoms with Crippen LogP contribution in [0.5, 0.6) is 0 Å². The van der Waals surface area contributed by atoms with Gasteiger partial charge in [0.2, 0.25) is 0 Å².